The van der Waals surface area contributed by atoms with Crippen LogP contribution in [-0.4, -0.2) is 27.5 Å². The van der Waals surface area contributed by atoms with Gasteiger partial charge < -0.3 is 16.4 Å². The summed E-state index contributed by atoms with van der Waals surface area (Å²) in [6, 6.07) is 29.8. The Morgan fingerprint density at radius 2 is 1.66 bits per heavy atom. The topological polar surface area (TPSA) is 119 Å². The first-order valence-electron chi connectivity index (χ1n) is 14.1. The van der Waals surface area contributed by atoms with Crippen molar-refractivity contribution in [3.63, 3.8) is 0 Å². The van der Waals surface area contributed by atoms with E-state index >= 15 is 0 Å². The number of primary amides is 1. The minimum Gasteiger partial charge on any atom is -0.364 e. The van der Waals surface area contributed by atoms with Crippen LogP contribution in [0.5, 0.6) is 0 Å². The van der Waals surface area contributed by atoms with Crippen LogP contribution in [0.15, 0.2) is 103 Å². The van der Waals surface area contributed by atoms with Crippen molar-refractivity contribution in [2.24, 2.45) is 5.73 Å². The third-order valence-corrected chi connectivity index (χ3v) is 7.81. The molecule has 3 amide bonds. The van der Waals surface area contributed by atoms with Gasteiger partial charge in [-0.2, -0.15) is 5.10 Å². The van der Waals surface area contributed by atoms with Crippen molar-refractivity contribution in [1.29, 1.82) is 0 Å². The van der Waals surface area contributed by atoms with Gasteiger partial charge in [0.2, 0.25) is 5.91 Å². The second kappa shape index (κ2) is 12.4. The molecule has 0 unspecified atom stereocenters. The van der Waals surface area contributed by atoms with E-state index < -0.39 is 5.91 Å². The van der Waals surface area contributed by atoms with Crippen LogP contribution in [0, 0.1) is 0 Å². The van der Waals surface area contributed by atoms with E-state index in [2.05, 4.69) is 15.7 Å². The Kier molecular flexibility index (Phi) is 8.08. The van der Waals surface area contributed by atoms with Crippen molar-refractivity contribution >= 4 is 41.1 Å². The Morgan fingerprint density at radius 1 is 0.909 bits per heavy atom. The number of fused-ring (bicyclic) bond motifs is 3. The van der Waals surface area contributed by atoms with E-state index in [0.29, 0.717) is 35.7 Å². The summed E-state index contributed by atoms with van der Waals surface area (Å²) >= 11 is 6.23. The van der Waals surface area contributed by atoms with Gasteiger partial charge in [-0.25, -0.2) is 4.68 Å². The van der Waals surface area contributed by atoms with Gasteiger partial charge in [0.15, 0.2) is 5.69 Å². The highest BCUT2D eigenvalue weighted by atomic mass is 35.5. The summed E-state index contributed by atoms with van der Waals surface area (Å²) < 4.78 is 1.72. The molecule has 1 aliphatic carbocycles. The number of carbonyl (C=O) groups excluding carboxylic acids is 3. The Balaban J connectivity index is 1.27. The molecule has 0 saturated heterocycles. The number of aryl methyl sites for hydroxylation is 1. The zero-order valence-corrected chi connectivity index (χ0v) is 24.3. The highest BCUT2D eigenvalue weighted by molar-refractivity contribution is 6.34. The van der Waals surface area contributed by atoms with E-state index in [4.69, 9.17) is 17.3 Å². The van der Waals surface area contributed by atoms with E-state index in [1.165, 1.54) is 6.08 Å². The molecule has 0 fully saturated rings. The molecule has 218 valence electrons. The van der Waals surface area contributed by atoms with Gasteiger partial charge in [-0.15, -0.1) is 0 Å². The van der Waals surface area contributed by atoms with Gasteiger partial charge in [0.1, 0.15) is 0 Å². The average molecular weight is 602 g/mol. The zero-order chi connectivity index (χ0) is 30.6. The molecule has 0 atom stereocenters. The molecular weight excluding hydrogens is 574 g/mol. The Hall–Kier alpha value is -5.47. The van der Waals surface area contributed by atoms with E-state index in [-0.39, 0.29) is 17.5 Å². The Labute approximate surface area is 259 Å². The smallest absolute Gasteiger partial charge is 0.269 e. The third kappa shape index (κ3) is 6.02. The molecule has 0 radical (unpaired) electrons. The predicted octanol–water partition coefficient (Wildman–Crippen LogP) is 5.97. The molecule has 1 aromatic heterocycles. The largest absolute Gasteiger partial charge is 0.364 e. The van der Waals surface area contributed by atoms with Crippen LogP contribution in [0.4, 0.5) is 5.69 Å². The molecule has 9 heteroatoms. The van der Waals surface area contributed by atoms with Gasteiger partial charge in [0.05, 0.1) is 22.0 Å². The molecule has 1 aliphatic rings. The van der Waals surface area contributed by atoms with Gasteiger partial charge in [0, 0.05) is 29.4 Å². The number of rotatable bonds is 8. The van der Waals surface area contributed by atoms with Crippen LogP contribution in [-0.2, 0) is 24.2 Å². The van der Waals surface area contributed by atoms with Crippen LogP contribution in [0.1, 0.15) is 43.1 Å². The quantitative estimate of drug-likeness (QED) is 0.190. The molecule has 44 heavy (non-hydrogen) atoms. The van der Waals surface area contributed by atoms with Crippen LogP contribution >= 0.6 is 11.6 Å². The van der Waals surface area contributed by atoms with Gasteiger partial charge in [-0.05, 0) is 72.0 Å². The number of anilines is 1. The number of amides is 3. The molecular formula is C35H28ClN5O3. The highest BCUT2D eigenvalue weighted by Gasteiger charge is 2.28. The van der Waals surface area contributed by atoms with Crippen molar-refractivity contribution in [2.75, 3.05) is 5.32 Å². The minimum absolute atomic E-state index is 0.195. The number of carbonyl (C=O) groups is 3. The fourth-order valence-electron chi connectivity index (χ4n) is 5.29. The van der Waals surface area contributed by atoms with Crippen molar-refractivity contribution in [3.05, 3.63) is 142 Å². The lowest BCUT2D eigenvalue weighted by atomic mass is 9.88. The first-order valence-corrected chi connectivity index (χ1v) is 14.5. The van der Waals surface area contributed by atoms with Gasteiger partial charge in [-0.3, -0.25) is 14.4 Å². The van der Waals surface area contributed by atoms with E-state index in [0.717, 1.165) is 39.2 Å². The summed E-state index contributed by atoms with van der Waals surface area (Å²) in [4.78, 5) is 37.7. The molecule has 0 aliphatic heterocycles. The average Bonchev–Trinajstić information content (AvgIpc) is 3.44. The Bertz CT molecular complexity index is 1910. The number of nitrogens with zero attached hydrogens (tertiary/aromatic N) is 2. The fourth-order valence-corrected chi connectivity index (χ4v) is 5.51. The monoisotopic (exact) mass is 601 g/mol. The molecule has 6 rings (SSSR count). The maximum absolute atomic E-state index is 13.0. The lowest BCUT2D eigenvalue weighted by Crippen LogP contribution is -2.20. The van der Waals surface area contributed by atoms with E-state index in [1.807, 2.05) is 72.8 Å². The minimum atomic E-state index is -0.604. The fraction of sp³-hybridized carbons (Fsp3) is 0.0857. The molecule has 8 nitrogen and oxygen atoms in total. The summed E-state index contributed by atoms with van der Waals surface area (Å²) in [5.41, 5.74) is 12.9. The first-order chi connectivity index (χ1) is 21.4. The maximum Gasteiger partial charge on any atom is 0.269 e. The Morgan fingerprint density at radius 3 is 2.41 bits per heavy atom. The lowest BCUT2D eigenvalue weighted by molar-refractivity contribution is -0.116. The molecule has 0 saturated carbocycles. The van der Waals surface area contributed by atoms with Crippen molar-refractivity contribution in [2.45, 2.75) is 19.4 Å². The maximum atomic E-state index is 13.0. The summed E-state index contributed by atoms with van der Waals surface area (Å²) in [6.45, 7) is 0.447. The second-order valence-electron chi connectivity index (χ2n) is 10.4. The lowest BCUT2D eigenvalue weighted by Gasteiger charge is -2.20. The summed E-state index contributed by atoms with van der Waals surface area (Å²) in [6.07, 6.45) is 4.53. The molecule has 4 aromatic carbocycles. The van der Waals surface area contributed by atoms with Crippen LogP contribution in [0.25, 0.3) is 23.0 Å². The van der Waals surface area contributed by atoms with Crippen LogP contribution in [0.3, 0.4) is 0 Å². The van der Waals surface area contributed by atoms with Crippen molar-refractivity contribution in [3.8, 4) is 16.9 Å². The van der Waals surface area contributed by atoms with Gasteiger partial charge in [-0.1, -0.05) is 72.3 Å². The third-order valence-electron chi connectivity index (χ3n) is 7.48. The second-order valence-corrected chi connectivity index (χ2v) is 10.8. The number of aromatic nitrogens is 2. The summed E-state index contributed by atoms with van der Waals surface area (Å²) in [5.74, 6) is -1.12. The molecule has 1 heterocycles. The molecule has 5 aromatic rings. The van der Waals surface area contributed by atoms with Crippen molar-refractivity contribution in [1.82, 2.24) is 15.1 Å². The SMILES string of the molecule is NC(=O)c1nn(-c2ccc(C=CC(=O)NCc3ccccc3)cc2)c2c1CCc1ccc(NC(=O)c3ccccc3Cl)cc1-2. The first kappa shape index (κ1) is 28.6. The summed E-state index contributed by atoms with van der Waals surface area (Å²) in [5, 5.41) is 10.8. The number of halogens is 1. The number of hydrogen-bond acceptors (Lipinski definition) is 4. The number of hydrogen-bond donors (Lipinski definition) is 3. The predicted molar refractivity (Wildman–Crippen MR) is 172 cm³/mol. The molecule has 0 bridgehead atoms. The normalized spacial score (nSPS) is 11.9. The van der Waals surface area contributed by atoms with E-state index in [9.17, 15) is 14.4 Å². The van der Waals surface area contributed by atoms with Crippen LogP contribution < -0.4 is 16.4 Å². The van der Waals surface area contributed by atoms with Crippen LogP contribution in [0.2, 0.25) is 5.02 Å². The summed E-state index contributed by atoms with van der Waals surface area (Å²) in [7, 11) is 0. The van der Waals surface area contributed by atoms with Gasteiger partial charge in [0.25, 0.3) is 11.8 Å². The van der Waals surface area contributed by atoms with Crippen molar-refractivity contribution < 1.29 is 14.4 Å². The number of nitrogens with one attached hydrogen (secondary N) is 2. The number of benzene rings is 4. The number of nitrogens with two attached hydrogens (primary N) is 1. The molecule has 0 spiro atoms. The highest BCUT2D eigenvalue weighted by Crippen LogP contribution is 2.38. The van der Waals surface area contributed by atoms with Gasteiger partial charge >= 0.3 is 0 Å². The van der Waals surface area contributed by atoms with E-state index in [1.54, 1.807) is 35.0 Å². The standard InChI is InChI=1S/C35H28ClN5O3/c36-30-9-5-4-8-27(30)35(44)39-25-15-13-24-14-18-28-32(34(37)43)40-41(33(28)29(24)20-25)26-16-10-22(11-17-26)12-19-31(42)38-21-23-6-2-1-3-7-23/h1-13,15-17,19-20H,14,18,21H2,(H2,37,43)(H,38,42)(H,39,44). The zero-order valence-electron chi connectivity index (χ0n) is 23.6. The molecule has 4 N–H and O–H groups in total.